The van der Waals surface area contributed by atoms with Crippen molar-refractivity contribution in [2.75, 3.05) is 5.73 Å². The fraction of sp³-hybridized carbons (Fsp3) is 0.500. The van der Waals surface area contributed by atoms with Crippen LogP contribution in [0, 0.1) is 5.95 Å². The van der Waals surface area contributed by atoms with E-state index in [1.54, 1.807) is 0 Å². The van der Waals surface area contributed by atoms with E-state index >= 15 is 0 Å². The molecular formula is C8H12FN3. The molecule has 2 N–H and O–H groups in total. The lowest BCUT2D eigenvalue weighted by Crippen LogP contribution is -2.15. The van der Waals surface area contributed by atoms with E-state index in [1.807, 2.05) is 20.8 Å². The summed E-state index contributed by atoms with van der Waals surface area (Å²) < 4.78 is 12.7. The molecule has 0 aromatic carbocycles. The Labute approximate surface area is 70.8 Å². The van der Waals surface area contributed by atoms with Crippen LogP contribution >= 0.6 is 0 Å². The Bertz CT molecular complexity index is 271. The van der Waals surface area contributed by atoms with Gasteiger partial charge in [0.15, 0.2) is 0 Å². The first-order chi connectivity index (χ1) is 5.39. The highest BCUT2D eigenvalue weighted by molar-refractivity contribution is 5.22. The highest BCUT2D eigenvalue weighted by Gasteiger charge is 2.17. The van der Waals surface area contributed by atoms with Crippen LogP contribution < -0.4 is 5.73 Å². The van der Waals surface area contributed by atoms with E-state index in [0.717, 1.165) is 0 Å². The second kappa shape index (κ2) is 2.69. The number of nitrogen functional groups attached to an aromatic ring is 1. The maximum Gasteiger partial charge on any atom is 0.222 e. The van der Waals surface area contributed by atoms with Gasteiger partial charge in [0.2, 0.25) is 11.9 Å². The average molecular weight is 169 g/mol. The van der Waals surface area contributed by atoms with Crippen LogP contribution in [0.5, 0.6) is 0 Å². The third-order valence-electron chi connectivity index (χ3n) is 1.48. The molecule has 1 aromatic heterocycles. The van der Waals surface area contributed by atoms with Crippen molar-refractivity contribution in [3.8, 4) is 0 Å². The third kappa shape index (κ3) is 1.90. The summed E-state index contributed by atoms with van der Waals surface area (Å²) in [6, 6.07) is 1.30. The first-order valence-electron chi connectivity index (χ1n) is 3.70. The Balaban J connectivity index is 3.18. The first kappa shape index (κ1) is 8.90. The number of hydrogen-bond donors (Lipinski definition) is 1. The van der Waals surface area contributed by atoms with Crippen molar-refractivity contribution in [2.24, 2.45) is 0 Å². The highest BCUT2D eigenvalue weighted by Crippen LogP contribution is 2.20. The van der Waals surface area contributed by atoms with Gasteiger partial charge >= 0.3 is 0 Å². The van der Waals surface area contributed by atoms with Crippen LogP contribution in [0.15, 0.2) is 6.07 Å². The van der Waals surface area contributed by atoms with Crippen LogP contribution in [0.3, 0.4) is 0 Å². The zero-order valence-electron chi connectivity index (χ0n) is 7.43. The molecule has 0 fully saturated rings. The van der Waals surface area contributed by atoms with Crippen LogP contribution in [0.4, 0.5) is 10.3 Å². The normalized spacial score (nSPS) is 11.7. The molecule has 0 saturated heterocycles. The molecular weight excluding hydrogens is 157 g/mol. The number of halogens is 1. The SMILES string of the molecule is CC(C)(C)c1cc(F)nc(N)n1. The van der Waals surface area contributed by atoms with E-state index in [4.69, 9.17) is 5.73 Å². The minimum atomic E-state index is -0.576. The van der Waals surface area contributed by atoms with Gasteiger partial charge in [-0.3, -0.25) is 0 Å². The topological polar surface area (TPSA) is 51.8 Å². The lowest BCUT2D eigenvalue weighted by atomic mass is 9.92. The van der Waals surface area contributed by atoms with Crippen molar-refractivity contribution < 1.29 is 4.39 Å². The summed E-state index contributed by atoms with van der Waals surface area (Å²) in [7, 11) is 0. The van der Waals surface area contributed by atoms with Crippen molar-refractivity contribution in [3.05, 3.63) is 17.7 Å². The Kier molecular flexibility index (Phi) is 2.00. The molecule has 0 aliphatic rings. The summed E-state index contributed by atoms with van der Waals surface area (Å²) in [6.45, 7) is 5.82. The zero-order valence-corrected chi connectivity index (χ0v) is 7.43. The third-order valence-corrected chi connectivity index (χ3v) is 1.48. The van der Waals surface area contributed by atoms with Gasteiger partial charge in [0.25, 0.3) is 0 Å². The second-order valence-corrected chi connectivity index (χ2v) is 3.68. The molecule has 0 aliphatic carbocycles. The van der Waals surface area contributed by atoms with Gasteiger partial charge in [0, 0.05) is 11.5 Å². The molecule has 0 spiro atoms. The molecule has 0 amide bonds. The smallest absolute Gasteiger partial charge is 0.222 e. The summed E-state index contributed by atoms with van der Waals surface area (Å²) in [5.74, 6) is -0.590. The largest absolute Gasteiger partial charge is 0.368 e. The van der Waals surface area contributed by atoms with Gasteiger partial charge in [-0.2, -0.15) is 9.37 Å². The predicted octanol–water partition coefficient (Wildman–Crippen LogP) is 1.50. The van der Waals surface area contributed by atoms with Crippen molar-refractivity contribution in [3.63, 3.8) is 0 Å². The van der Waals surface area contributed by atoms with Gasteiger partial charge < -0.3 is 5.73 Å². The molecule has 0 aliphatic heterocycles. The number of anilines is 1. The summed E-state index contributed by atoms with van der Waals surface area (Å²) in [4.78, 5) is 7.28. The first-order valence-corrected chi connectivity index (χ1v) is 3.70. The zero-order chi connectivity index (χ0) is 9.35. The Morgan fingerprint density at radius 2 is 1.92 bits per heavy atom. The molecule has 4 heteroatoms. The number of nitrogens with zero attached hydrogens (tertiary/aromatic N) is 2. The van der Waals surface area contributed by atoms with E-state index in [0.29, 0.717) is 5.69 Å². The Morgan fingerprint density at radius 1 is 1.33 bits per heavy atom. The van der Waals surface area contributed by atoms with Crippen LogP contribution in [0.2, 0.25) is 0 Å². The fourth-order valence-electron chi connectivity index (χ4n) is 0.819. The molecule has 66 valence electrons. The Hall–Kier alpha value is -1.19. The predicted molar refractivity (Wildman–Crippen MR) is 45.1 cm³/mol. The van der Waals surface area contributed by atoms with E-state index in [9.17, 15) is 4.39 Å². The molecule has 1 heterocycles. The summed E-state index contributed by atoms with van der Waals surface area (Å²) in [5.41, 5.74) is 5.72. The van der Waals surface area contributed by atoms with E-state index in [-0.39, 0.29) is 11.4 Å². The molecule has 0 radical (unpaired) electrons. The average Bonchev–Trinajstić information content (AvgIpc) is 1.82. The molecule has 0 saturated carbocycles. The highest BCUT2D eigenvalue weighted by atomic mass is 19.1. The summed E-state index contributed by atoms with van der Waals surface area (Å²) in [5, 5.41) is 0. The standard InChI is InChI=1S/C8H12FN3/c1-8(2,3)5-4-6(9)12-7(10)11-5/h4H,1-3H3,(H2,10,11,12). The van der Waals surface area contributed by atoms with Gasteiger partial charge in [-0.05, 0) is 0 Å². The van der Waals surface area contributed by atoms with Crippen molar-refractivity contribution >= 4 is 5.95 Å². The van der Waals surface area contributed by atoms with Crippen LogP contribution in [-0.4, -0.2) is 9.97 Å². The molecule has 1 aromatic rings. The molecule has 3 nitrogen and oxygen atoms in total. The van der Waals surface area contributed by atoms with Gasteiger partial charge in [0.1, 0.15) is 0 Å². The maximum atomic E-state index is 12.7. The second-order valence-electron chi connectivity index (χ2n) is 3.68. The van der Waals surface area contributed by atoms with E-state index in [1.165, 1.54) is 6.07 Å². The summed E-state index contributed by atoms with van der Waals surface area (Å²) >= 11 is 0. The minimum absolute atomic E-state index is 0.0140. The van der Waals surface area contributed by atoms with Gasteiger partial charge in [0.05, 0.1) is 5.69 Å². The summed E-state index contributed by atoms with van der Waals surface area (Å²) in [6.07, 6.45) is 0. The van der Waals surface area contributed by atoms with Gasteiger partial charge in [-0.15, -0.1) is 0 Å². The van der Waals surface area contributed by atoms with Crippen LogP contribution in [0.25, 0.3) is 0 Å². The van der Waals surface area contributed by atoms with Gasteiger partial charge in [-0.25, -0.2) is 4.98 Å². The van der Waals surface area contributed by atoms with Crippen molar-refractivity contribution in [2.45, 2.75) is 26.2 Å². The maximum absolute atomic E-state index is 12.7. The van der Waals surface area contributed by atoms with E-state index in [2.05, 4.69) is 9.97 Å². The number of rotatable bonds is 0. The van der Waals surface area contributed by atoms with Crippen LogP contribution in [0.1, 0.15) is 26.5 Å². The van der Waals surface area contributed by atoms with Gasteiger partial charge in [-0.1, -0.05) is 20.8 Å². The fourth-order valence-corrected chi connectivity index (χ4v) is 0.819. The molecule has 0 unspecified atom stereocenters. The lowest BCUT2D eigenvalue weighted by Gasteiger charge is -2.17. The molecule has 12 heavy (non-hydrogen) atoms. The number of aromatic nitrogens is 2. The van der Waals surface area contributed by atoms with Crippen LogP contribution in [-0.2, 0) is 5.41 Å². The number of hydrogen-bond acceptors (Lipinski definition) is 3. The Morgan fingerprint density at radius 3 is 2.33 bits per heavy atom. The molecule has 0 atom stereocenters. The van der Waals surface area contributed by atoms with E-state index < -0.39 is 5.95 Å². The minimum Gasteiger partial charge on any atom is -0.368 e. The quantitative estimate of drug-likeness (QED) is 0.599. The van der Waals surface area contributed by atoms with Crippen molar-refractivity contribution in [1.82, 2.24) is 9.97 Å². The molecule has 1 rings (SSSR count). The number of nitrogens with two attached hydrogens (primary N) is 1. The monoisotopic (exact) mass is 169 g/mol. The van der Waals surface area contributed by atoms with Crippen molar-refractivity contribution in [1.29, 1.82) is 0 Å². The lowest BCUT2D eigenvalue weighted by molar-refractivity contribution is 0.535. The molecule has 0 bridgehead atoms.